The van der Waals surface area contributed by atoms with Gasteiger partial charge in [0, 0.05) is 16.4 Å². The van der Waals surface area contributed by atoms with Gasteiger partial charge in [0.2, 0.25) is 5.91 Å². The highest BCUT2D eigenvalue weighted by Crippen LogP contribution is 2.37. The summed E-state index contributed by atoms with van der Waals surface area (Å²) in [6.45, 7) is 0.781. The third-order valence-corrected chi connectivity index (χ3v) is 4.19. The molecule has 0 radical (unpaired) electrons. The maximum atomic E-state index is 11.6. The third-order valence-electron chi connectivity index (χ3n) is 3.70. The molecule has 1 aliphatic heterocycles. The Morgan fingerprint density at radius 3 is 3.00 bits per heavy atom. The van der Waals surface area contributed by atoms with Gasteiger partial charge >= 0.3 is 0 Å². The van der Waals surface area contributed by atoms with Gasteiger partial charge in [-0.2, -0.15) is 0 Å². The van der Waals surface area contributed by atoms with Crippen molar-refractivity contribution in [1.82, 2.24) is 4.98 Å². The Morgan fingerprint density at radius 2 is 2.25 bits per heavy atom. The number of hydrogen-bond acceptors (Lipinski definition) is 4. The van der Waals surface area contributed by atoms with Gasteiger partial charge in [-0.1, -0.05) is 15.9 Å². The van der Waals surface area contributed by atoms with Crippen molar-refractivity contribution < 1.29 is 4.79 Å². The summed E-state index contributed by atoms with van der Waals surface area (Å²) in [6, 6.07) is 5.55. The fraction of sp³-hybridized carbons (Fsp3) is 0.286. The molecule has 4 N–H and O–H groups in total. The first-order valence-electron chi connectivity index (χ1n) is 6.47. The zero-order valence-electron chi connectivity index (χ0n) is 10.8. The number of primary amides is 1. The van der Waals surface area contributed by atoms with Gasteiger partial charge in [0.1, 0.15) is 6.04 Å². The Hall–Kier alpha value is -1.82. The molecule has 1 unspecified atom stereocenters. The average molecular weight is 335 g/mol. The maximum Gasteiger partial charge on any atom is 0.240 e. The third kappa shape index (κ3) is 2.10. The van der Waals surface area contributed by atoms with Gasteiger partial charge in [-0.05, 0) is 31.0 Å². The molecule has 6 heteroatoms. The fourth-order valence-corrected chi connectivity index (χ4v) is 3.18. The van der Waals surface area contributed by atoms with E-state index in [1.165, 1.54) is 0 Å². The van der Waals surface area contributed by atoms with E-state index in [0.29, 0.717) is 5.69 Å². The van der Waals surface area contributed by atoms with Crippen LogP contribution in [0.5, 0.6) is 0 Å². The van der Waals surface area contributed by atoms with Crippen molar-refractivity contribution in [2.75, 3.05) is 17.2 Å². The lowest BCUT2D eigenvalue weighted by molar-refractivity contribution is -0.119. The van der Waals surface area contributed by atoms with Gasteiger partial charge in [0.05, 0.1) is 23.1 Å². The lowest BCUT2D eigenvalue weighted by Gasteiger charge is -2.27. The highest BCUT2D eigenvalue weighted by molar-refractivity contribution is 9.10. The van der Waals surface area contributed by atoms with Crippen molar-refractivity contribution in [3.05, 3.63) is 28.9 Å². The van der Waals surface area contributed by atoms with Gasteiger partial charge < -0.3 is 16.4 Å². The molecule has 3 rings (SSSR count). The highest BCUT2D eigenvalue weighted by atomic mass is 79.9. The summed E-state index contributed by atoms with van der Waals surface area (Å²) in [7, 11) is 0. The molecular formula is C14H15BrN4O. The monoisotopic (exact) mass is 334 g/mol. The van der Waals surface area contributed by atoms with E-state index in [9.17, 15) is 4.79 Å². The zero-order chi connectivity index (χ0) is 14.3. The number of fused-ring (bicyclic) bond motifs is 1. The molecule has 0 saturated carbocycles. The summed E-state index contributed by atoms with van der Waals surface area (Å²) >= 11 is 3.47. The summed E-state index contributed by atoms with van der Waals surface area (Å²) in [5.74, 6) is -0.304. The first-order chi connectivity index (χ1) is 9.58. The van der Waals surface area contributed by atoms with Crippen LogP contribution in [0.15, 0.2) is 28.9 Å². The zero-order valence-corrected chi connectivity index (χ0v) is 12.4. The van der Waals surface area contributed by atoms with E-state index < -0.39 is 0 Å². The van der Waals surface area contributed by atoms with E-state index in [4.69, 9.17) is 11.5 Å². The second-order valence-corrected chi connectivity index (χ2v) is 5.89. The quantitative estimate of drug-likeness (QED) is 0.879. The largest absolute Gasteiger partial charge is 0.396 e. The number of anilines is 2. The number of carbonyl (C=O) groups excluding carboxylic acids is 1. The normalized spacial score (nSPS) is 18.6. The van der Waals surface area contributed by atoms with Crippen LogP contribution in [-0.2, 0) is 4.79 Å². The molecule has 1 saturated heterocycles. The number of nitrogen functional groups attached to an aromatic ring is 1. The Bertz CT molecular complexity index is 683. The van der Waals surface area contributed by atoms with Crippen LogP contribution >= 0.6 is 15.9 Å². The number of benzene rings is 1. The number of amides is 1. The van der Waals surface area contributed by atoms with Gasteiger partial charge in [-0.25, -0.2) is 0 Å². The van der Waals surface area contributed by atoms with Crippen LogP contribution in [0.1, 0.15) is 12.8 Å². The standard InChI is InChI=1S/C14H15BrN4O/c15-8-3-4-11-9(6-8)13(10(16)7-18-11)19-5-1-2-12(19)14(17)20/h3-4,6-7,12H,1-2,5,16H2,(H2,17,20). The maximum absolute atomic E-state index is 11.6. The number of rotatable bonds is 2. The summed E-state index contributed by atoms with van der Waals surface area (Å²) < 4.78 is 0.952. The van der Waals surface area contributed by atoms with Crippen molar-refractivity contribution in [3.8, 4) is 0 Å². The molecule has 0 aliphatic carbocycles. The van der Waals surface area contributed by atoms with Crippen LogP contribution in [0.2, 0.25) is 0 Å². The van der Waals surface area contributed by atoms with Gasteiger partial charge in [0.25, 0.3) is 0 Å². The van der Waals surface area contributed by atoms with Crippen molar-refractivity contribution in [2.45, 2.75) is 18.9 Å². The van der Waals surface area contributed by atoms with Crippen LogP contribution in [0, 0.1) is 0 Å². The van der Waals surface area contributed by atoms with Gasteiger partial charge in [-0.15, -0.1) is 0 Å². The van der Waals surface area contributed by atoms with Crippen LogP contribution in [0.3, 0.4) is 0 Å². The molecule has 1 fully saturated rings. The van der Waals surface area contributed by atoms with E-state index in [1.807, 2.05) is 23.1 Å². The molecule has 20 heavy (non-hydrogen) atoms. The van der Waals surface area contributed by atoms with Crippen LogP contribution < -0.4 is 16.4 Å². The Kier molecular flexibility index (Phi) is 3.25. The minimum Gasteiger partial charge on any atom is -0.396 e. The number of pyridine rings is 1. The topological polar surface area (TPSA) is 85.2 Å². The highest BCUT2D eigenvalue weighted by Gasteiger charge is 2.31. The fourth-order valence-electron chi connectivity index (χ4n) is 2.82. The summed E-state index contributed by atoms with van der Waals surface area (Å²) in [5, 5.41) is 0.938. The molecule has 1 aromatic heterocycles. The first kappa shape index (κ1) is 13.2. The second kappa shape index (κ2) is 4.94. The first-order valence-corrected chi connectivity index (χ1v) is 7.27. The molecule has 5 nitrogen and oxygen atoms in total. The Labute approximate surface area is 125 Å². The minimum absolute atomic E-state index is 0.290. The molecule has 1 aromatic carbocycles. The van der Waals surface area contributed by atoms with E-state index in [1.54, 1.807) is 6.20 Å². The molecule has 1 atom stereocenters. The average Bonchev–Trinajstić information content (AvgIpc) is 2.87. The lowest BCUT2D eigenvalue weighted by Crippen LogP contribution is -2.40. The van der Waals surface area contributed by atoms with Crippen molar-refractivity contribution in [2.24, 2.45) is 5.73 Å². The minimum atomic E-state index is -0.304. The number of halogens is 1. The molecule has 0 spiro atoms. The molecule has 0 bridgehead atoms. The van der Waals surface area contributed by atoms with Gasteiger partial charge in [0.15, 0.2) is 0 Å². The predicted molar refractivity (Wildman–Crippen MR) is 83.4 cm³/mol. The molecule has 1 aliphatic rings. The van der Waals surface area contributed by atoms with Crippen molar-refractivity contribution >= 4 is 44.1 Å². The second-order valence-electron chi connectivity index (χ2n) is 4.98. The summed E-state index contributed by atoms with van der Waals surface area (Å²) in [5.41, 5.74) is 13.9. The van der Waals surface area contributed by atoms with Crippen LogP contribution in [0.25, 0.3) is 10.9 Å². The number of nitrogens with zero attached hydrogens (tertiary/aromatic N) is 2. The number of nitrogens with two attached hydrogens (primary N) is 2. The summed E-state index contributed by atoms with van der Waals surface area (Å²) in [6.07, 6.45) is 3.35. The smallest absolute Gasteiger partial charge is 0.240 e. The van der Waals surface area contributed by atoms with E-state index in [-0.39, 0.29) is 11.9 Å². The van der Waals surface area contributed by atoms with Crippen LogP contribution in [0.4, 0.5) is 11.4 Å². The SMILES string of the molecule is NC(=O)C1CCCN1c1c(N)cnc2ccc(Br)cc12. The molecule has 2 aromatic rings. The Balaban J connectivity index is 2.21. The lowest BCUT2D eigenvalue weighted by atomic mass is 10.1. The molecule has 1 amide bonds. The summed E-state index contributed by atoms with van der Waals surface area (Å²) in [4.78, 5) is 18.0. The molecule has 2 heterocycles. The number of carbonyl (C=O) groups is 1. The van der Waals surface area contributed by atoms with Gasteiger partial charge in [-0.3, -0.25) is 9.78 Å². The Morgan fingerprint density at radius 1 is 1.45 bits per heavy atom. The van der Waals surface area contributed by atoms with Crippen LogP contribution in [-0.4, -0.2) is 23.5 Å². The van der Waals surface area contributed by atoms with Crippen molar-refractivity contribution in [3.63, 3.8) is 0 Å². The predicted octanol–water partition coefficient (Wildman–Crippen LogP) is 2.03. The number of hydrogen-bond donors (Lipinski definition) is 2. The van der Waals surface area contributed by atoms with E-state index in [2.05, 4.69) is 20.9 Å². The molecule has 104 valence electrons. The number of aromatic nitrogens is 1. The van der Waals surface area contributed by atoms with E-state index in [0.717, 1.165) is 40.4 Å². The molecular weight excluding hydrogens is 320 g/mol. The van der Waals surface area contributed by atoms with Crippen molar-refractivity contribution in [1.29, 1.82) is 0 Å². The van der Waals surface area contributed by atoms with E-state index >= 15 is 0 Å².